The maximum absolute atomic E-state index is 10.5. The Labute approximate surface area is 269 Å². The molecule has 0 aromatic heterocycles. The molecule has 0 radical (unpaired) electrons. The molecule has 0 amide bonds. The molecule has 0 saturated carbocycles. The maximum Gasteiger partial charge on any atom is 0.337 e. The average Bonchev–Trinajstić information content (AvgIpc) is 2.84. The van der Waals surface area contributed by atoms with Gasteiger partial charge in [0.2, 0.25) is 0 Å². The van der Waals surface area contributed by atoms with Crippen molar-refractivity contribution < 1.29 is 85.3 Å². The van der Waals surface area contributed by atoms with Crippen molar-refractivity contribution in [2.24, 2.45) is 0 Å². The second-order valence-corrected chi connectivity index (χ2v) is 7.90. The summed E-state index contributed by atoms with van der Waals surface area (Å²) in [7, 11) is 0. The Morgan fingerprint density at radius 1 is 0.525 bits per heavy atom. The SMILES string of the molecule is O=C(O)c1cc([N+](=O)[O-])ccc1Cl.O=C(O)c1cc([N+](=O)[O-])ccc1Cl.O=C(O)c1cc([N+](=O)[O-])ccc1Cl.[Nd]. The molecule has 0 aliphatic carbocycles. The number of rotatable bonds is 6. The van der Waals surface area contributed by atoms with E-state index in [4.69, 9.17) is 50.1 Å². The van der Waals surface area contributed by atoms with Crippen molar-refractivity contribution in [2.45, 2.75) is 0 Å². The number of non-ortho nitro benzene ring substituents is 3. The summed E-state index contributed by atoms with van der Waals surface area (Å²) >= 11 is 16.5. The van der Waals surface area contributed by atoms with Gasteiger partial charge >= 0.3 is 17.9 Å². The van der Waals surface area contributed by atoms with Crippen LogP contribution in [0.1, 0.15) is 31.1 Å². The van der Waals surface area contributed by atoms with Gasteiger partial charge in [0.25, 0.3) is 17.1 Å². The third-order valence-corrected chi connectivity index (χ3v) is 5.16. The first-order valence-corrected chi connectivity index (χ1v) is 10.7. The van der Waals surface area contributed by atoms with Crippen LogP contribution in [0.4, 0.5) is 17.1 Å². The summed E-state index contributed by atoms with van der Waals surface area (Å²) in [5, 5.41) is 56.4. The molecule has 3 rings (SSSR count). The molecule has 208 valence electrons. The molecule has 0 aliphatic heterocycles. The Balaban J connectivity index is 0.000000563. The van der Waals surface area contributed by atoms with Crippen LogP contribution >= 0.6 is 34.8 Å². The number of aromatic carboxylic acids is 3. The average molecular weight is 749 g/mol. The Kier molecular flexibility index (Phi) is 15.1. The Morgan fingerprint density at radius 3 is 0.875 bits per heavy atom. The molecule has 3 N–H and O–H groups in total. The molecule has 15 nitrogen and oxygen atoms in total. The van der Waals surface area contributed by atoms with Crippen molar-refractivity contribution in [3.63, 3.8) is 0 Å². The van der Waals surface area contributed by atoms with Crippen molar-refractivity contribution >= 4 is 69.8 Å². The van der Waals surface area contributed by atoms with Crippen LogP contribution < -0.4 is 0 Å². The number of benzene rings is 3. The first-order chi connectivity index (χ1) is 18.1. The standard InChI is InChI=1S/3C7H4ClNO4.Nd/c3*8-6-2-1-4(9(12)13)3-5(6)7(10)11;/h3*1-3H,(H,10,11);. The molecule has 0 bridgehead atoms. The van der Waals surface area contributed by atoms with Gasteiger partial charge in [-0.15, -0.1) is 0 Å². The van der Waals surface area contributed by atoms with E-state index in [9.17, 15) is 44.7 Å². The Morgan fingerprint density at radius 2 is 0.725 bits per heavy atom. The van der Waals surface area contributed by atoms with E-state index in [1.165, 1.54) is 18.2 Å². The quantitative estimate of drug-likeness (QED) is 0.199. The zero-order chi connectivity index (χ0) is 30.0. The molecule has 3 aromatic rings. The van der Waals surface area contributed by atoms with Crippen molar-refractivity contribution in [3.05, 3.63) is 117 Å². The van der Waals surface area contributed by atoms with Gasteiger partial charge in [-0.25, -0.2) is 14.4 Å². The Bertz CT molecular complexity index is 1310. The minimum atomic E-state index is -1.28. The summed E-state index contributed by atoms with van der Waals surface area (Å²) in [5.41, 5.74) is -1.67. The van der Waals surface area contributed by atoms with Gasteiger partial charge in [-0.05, 0) is 18.2 Å². The number of carboxylic acid groups (broad SMARTS) is 3. The predicted octanol–water partition coefficient (Wildman–Crippen LogP) is 5.84. The number of nitro groups is 3. The molecule has 0 saturated heterocycles. The second-order valence-electron chi connectivity index (χ2n) is 6.68. The first-order valence-electron chi connectivity index (χ1n) is 9.58. The van der Waals surface area contributed by atoms with Crippen LogP contribution in [0.5, 0.6) is 0 Å². The van der Waals surface area contributed by atoms with Gasteiger partial charge in [0.1, 0.15) is 0 Å². The van der Waals surface area contributed by atoms with E-state index in [1.807, 2.05) is 0 Å². The van der Waals surface area contributed by atoms with Crippen molar-refractivity contribution in [3.8, 4) is 0 Å². The van der Waals surface area contributed by atoms with Crippen LogP contribution in [0.2, 0.25) is 15.1 Å². The van der Waals surface area contributed by atoms with Gasteiger partial charge in [-0.3, -0.25) is 30.3 Å². The summed E-state index contributed by atoms with van der Waals surface area (Å²) < 4.78 is 0. The van der Waals surface area contributed by atoms with Crippen LogP contribution in [0.15, 0.2) is 54.6 Å². The van der Waals surface area contributed by atoms with Crippen LogP contribution in [0.3, 0.4) is 0 Å². The number of hydrogen-bond donors (Lipinski definition) is 3. The zero-order valence-electron chi connectivity index (χ0n) is 19.2. The zero-order valence-corrected chi connectivity index (χ0v) is 24.7. The van der Waals surface area contributed by atoms with Crippen LogP contribution in [-0.2, 0) is 0 Å². The molecule has 0 fully saturated rings. The van der Waals surface area contributed by atoms with E-state index in [-0.39, 0.29) is 89.7 Å². The molecule has 3 aromatic carbocycles. The Hall–Kier alpha value is -3.51. The fourth-order valence-electron chi connectivity index (χ4n) is 2.37. The number of nitro benzene ring substituents is 3. The van der Waals surface area contributed by atoms with E-state index in [0.29, 0.717) is 0 Å². The third-order valence-electron chi connectivity index (χ3n) is 4.17. The van der Waals surface area contributed by atoms with E-state index in [2.05, 4.69) is 0 Å². The van der Waals surface area contributed by atoms with Gasteiger partial charge in [0.05, 0.1) is 46.5 Å². The number of halogens is 3. The van der Waals surface area contributed by atoms with Gasteiger partial charge in [0, 0.05) is 77.2 Å². The summed E-state index contributed by atoms with van der Waals surface area (Å²) in [4.78, 5) is 60.2. The number of carboxylic acids is 3. The molecule has 0 heterocycles. The first kappa shape index (κ1) is 36.5. The largest absolute Gasteiger partial charge is 0.478 e. The number of hydrogen-bond acceptors (Lipinski definition) is 9. The van der Waals surface area contributed by atoms with Crippen molar-refractivity contribution in [1.82, 2.24) is 0 Å². The van der Waals surface area contributed by atoms with E-state index in [0.717, 1.165) is 36.4 Å². The van der Waals surface area contributed by atoms with Crippen LogP contribution in [0.25, 0.3) is 0 Å². The smallest absolute Gasteiger partial charge is 0.337 e. The molecule has 19 heteroatoms. The molecule has 0 atom stereocenters. The monoisotopic (exact) mass is 745 g/mol. The molecule has 0 aliphatic rings. The van der Waals surface area contributed by atoms with E-state index < -0.39 is 32.7 Å². The molecule has 40 heavy (non-hydrogen) atoms. The molecular formula is C21H12Cl3N3NdO12. The number of carbonyl (C=O) groups is 3. The summed E-state index contributed by atoms with van der Waals surface area (Å²) in [6.07, 6.45) is 0. The van der Waals surface area contributed by atoms with Crippen LogP contribution in [0, 0.1) is 71.2 Å². The molecule has 0 spiro atoms. The van der Waals surface area contributed by atoms with Gasteiger partial charge in [-0.1, -0.05) is 34.8 Å². The van der Waals surface area contributed by atoms with Gasteiger partial charge < -0.3 is 15.3 Å². The van der Waals surface area contributed by atoms with Crippen LogP contribution in [-0.4, -0.2) is 48.0 Å². The summed E-state index contributed by atoms with van der Waals surface area (Å²) in [6.45, 7) is 0. The molecule has 0 unspecified atom stereocenters. The third kappa shape index (κ3) is 10.9. The van der Waals surface area contributed by atoms with Crippen molar-refractivity contribution in [2.75, 3.05) is 0 Å². The fourth-order valence-corrected chi connectivity index (χ4v) is 2.97. The predicted molar refractivity (Wildman–Crippen MR) is 135 cm³/mol. The van der Waals surface area contributed by atoms with Crippen molar-refractivity contribution in [1.29, 1.82) is 0 Å². The topological polar surface area (TPSA) is 241 Å². The number of nitrogens with zero attached hydrogens (tertiary/aromatic N) is 3. The van der Waals surface area contributed by atoms with Gasteiger partial charge in [0.15, 0.2) is 0 Å². The fraction of sp³-hybridized carbons (Fsp3) is 0. The van der Waals surface area contributed by atoms with Gasteiger partial charge in [-0.2, -0.15) is 0 Å². The second kappa shape index (κ2) is 16.6. The summed E-state index contributed by atoms with van der Waals surface area (Å²) in [5.74, 6) is -3.85. The maximum atomic E-state index is 10.5. The minimum absolute atomic E-state index is 0. The van der Waals surface area contributed by atoms with E-state index in [1.54, 1.807) is 0 Å². The molecular weight excluding hydrogens is 737 g/mol. The summed E-state index contributed by atoms with van der Waals surface area (Å²) in [6, 6.07) is 9.76. The minimum Gasteiger partial charge on any atom is -0.478 e. The normalized spacial score (nSPS) is 9.38. The van der Waals surface area contributed by atoms with E-state index >= 15 is 0 Å².